The summed E-state index contributed by atoms with van der Waals surface area (Å²) in [5.74, 6) is 0.998. The number of hydrogen-bond acceptors (Lipinski definition) is 2. The molecule has 1 heterocycles. The Morgan fingerprint density at radius 1 is 1.50 bits per heavy atom. The molecule has 1 fully saturated rings. The molecule has 1 aliphatic rings. The topological polar surface area (TPSA) is 46.3 Å². The normalized spacial score (nSPS) is 25.2. The van der Waals surface area contributed by atoms with Gasteiger partial charge in [0.15, 0.2) is 0 Å². The maximum Gasteiger partial charge on any atom is 0.239 e. The molecule has 0 spiro atoms. The number of nitrogens with two attached hydrogens (primary N) is 1. The lowest BCUT2D eigenvalue weighted by Crippen LogP contribution is -2.49. The van der Waals surface area contributed by atoms with Gasteiger partial charge in [0.05, 0.1) is 6.04 Å². The van der Waals surface area contributed by atoms with E-state index in [1.165, 1.54) is 6.42 Å². The SMILES string of the molecule is CC(C)C(N)C(=O)N1CCC[C@H](C)C1. The first kappa shape index (κ1) is 11.5. The molecule has 0 aliphatic carbocycles. The van der Waals surface area contributed by atoms with E-state index in [1.807, 2.05) is 18.7 Å². The molecule has 2 atom stereocenters. The maximum absolute atomic E-state index is 11.9. The van der Waals surface area contributed by atoms with Crippen molar-refractivity contribution in [3.8, 4) is 0 Å². The van der Waals surface area contributed by atoms with Crippen molar-refractivity contribution in [2.75, 3.05) is 13.1 Å². The average Bonchev–Trinajstić information content (AvgIpc) is 2.15. The van der Waals surface area contributed by atoms with Crippen LogP contribution in [0.3, 0.4) is 0 Å². The Bertz CT molecular complexity index is 203. The van der Waals surface area contributed by atoms with Crippen LogP contribution >= 0.6 is 0 Å². The van der Waals surface area contributed by atoms with Crippen molar-refractivity contribution in [1.82, 2.24) is 4.90 Å². The van der Waals surface area contributed by atoms with Crippen LogP contribution in [0.15, 0.2) is 0 Å². The van der Waals surface area contributed by atoms with Crippen molar-refractivity contribution in [2.45, 2.75) is 39.7 Å². The summed E-state index contributed by atoms with van der Waals surface area (Å²) in [6.45, 7) is 7.97. The molecule has 14 heavy (non-hydrogen) atoms. The summed E-state index contributed by atoms with van der Waals surface area (Å²) < 4.78 is 0. The Balaban J connectivity index is 2.51. The van der Waals surface area contributed by atoms with Gasteiger partial charge in [-0.25, -0.2) is 0 Å². The second-order valence-corrected chi connectivity index (χ2v) is 4.80. The fraction of sp³-hybridized carbons (Fsp3) is 0.909. The van der Waals surface area contributed by atoms with Crippen LogP contribution in [0.4, 0.5) is 0 Å². The van der Waals surface area contributed by atoms with E-state index in [0.717, 1.165) is 19.5 Å². The zero-order valence-corrected chi connectivity index (χ0v) is 9.49. The molecular weight excluding hydrogens is 176 g/mol. The van der Waals surface area contributed by atoms with E-state index in [9.17, 15) is 4.79 Å². The van der Waals surface area contributed by atoms with Crippen LogP contribution in [0.5, 0.6) is 0 Å². The summed E-state index contributed by atoms with van der Waals surface area (Å²) in [6, 6.07) is -0.319. The fourth-order valence-electron chi connectivity index (χ4n) is 1.89. The van der Waals surface area contributed by atoms with E-state index >= 15 is 0 Å². The van der Waals surface area contributed by atoms with Crippen LogP contribution in [-0.4, -0.2) is 29.9 Å². The van der Waals surface area contributed by atoms with E-state index in [-0.39, 0.29) is 17.9 Å². The molecule has 0 radical (unpaired) electrons. The van der Waals surface area contributed by atoms with Gasteiger partial charge in [0.1, 0.15) is 0 Å². The molecular formula is C11H22N2O. The number of nitrogens with zero attached hydrogens (tertiary/aromatic N) is 1. The van der Waals surface area contributed by atoms with Crippen LogP contribution in [0.1, 0.15) is 33.6 Å². The number of rotatable bonds is 2. The van der Waals surface area contributed by atoms with Crippen molar-refractivity contribution in [3.05, 3.63) is 0 Å². The van der Waals surface area contributed by atoms with Gasteiger partial charge in [-0.3, -0.25) is 4.79 Å². The molecule has 0 aromatic heterocycles. The van der Waals surface area contributed by atoms with Gasteiger partial charge in [0.2, 0.25) is 5.91 Å². The number of piperidine rings is 1. The first-order chi connectivity index (χ1) is 6.52. The number of likely N-dealkylation sites (tertiary alicyclic amines) is 1. The summed E-state index contributed by atoms with van der Waals surface area (Å²) in [5, 5.41) is 0. The molecule has 1 unspecified atom stereocenters. The highest BCUT2D eigenvalue weighted by atomic mass is 16.2. The molecule has 1 aliphatic heterocycles. The molecule has 3 heteroatoms. The Labute approximate surface area is 86.6 Å². The minimum absolute atomic E-state index is 0.131. The Kier molecular flexibility index (Phi) is 3.93. The van der Waals surface area contributed by atoms with Gasteiger partial charge in [-0.1, -0.05) is 20.8 Å². The molecule has 1 rings (SSSR count). The molecule has 0 saturated carbocycles. The van der Waals surface area contributed by atoms with Crippen LogP contribution in [0, 0.1) is 11.8 Å². The Morgan fingerprint density at radius 2 is 2.14 bits per heavy atom. The second kappa shape index (κ2) is 4.78. The highest BCUT2D eigenvalue weighted by molar-refractivity contribution is 5.82. The van der Waals surface area contributed by atoms with Gasteiger partial charge >= 0.3 is 0 Å². The predicted octanol–water partition coefficient (Wildman–Crippen LogP) is 1.23. The molecule has 0 bridgehead atoms. The van der Waals surface area contributed by atoms with Crippen molar-refractivity contribution < 1.29 is 4.79 Å². The Hall–Kier alpha value is -0.570. The van der Waals surface area contributed by atoms with E-state index in [0.29, 0.717) is 5.92 Å². The lowest BCUT2D eigenvalue weighted by Gasteiger charge is -2.33. The zero-order chi connectivity index (χ0) is 10.7. The maximum atomic E-state index is 11.9. The van der Waals surface area contributed by atoms with Crippen LogP contribution in [-0.2, 0) is 4.79 Å². The van der Waals surface area contributed by atoms with E-state index in [4.69, 9.17) is 5.73 Å². The first-order valence-electron chi connectivity index (χ1n) is 5.56. The summed E-state index contributed by atoms with van der Waals surface area (Å²) in [4.78, 5) is 13.8. The predicted molar refractivity (Wildman–Crippen MR) is 57.8 cm³/mol. The summed E-state index contributed by atoms with van der Waals surface area (Å²) >= 11 is 0. The monoisotopic (exact) mass is 198 g/mol. The summed E-state index contributed by atoms with van der Waals surface area (Å²) in [5.41, 5.74) is 5.85. The van der Waals surface area contributed by atoms with E-state index in [2.05, 4.69) is 6.92 Å². The molecule has 1 saturated heterocycles. The third kappa shape index (κ3) is 2.71. The summed E-state index contributed by atoms with van der Waals surface area (Å²) in [6.07, 6.45) is 2.36. The lowest BCUT2D eigenvalue weighted by atomic mass is 9.97. The molecule has 82 valence electrons. The molecule has 0 aromatic carbocycles. The smallest absolute Gasteiger partial charge is 0.239 e. The van der Waals surface area contributed by atoms with Crippen molar-refractivity contribution >= 4 is 5.91 Å². The minimum Gasteiger partial charge on any atom is -0.341 e. The standard InChI is InChI=1S/C11H22N2O/c1-8(2)10(12)11(14)13-6-4-5-9(3)7-13/h8-10H,4-7,12H2,1-3H3/t9-,10?/m0/s1. The van der Waals surface area contributed by atoms with E-state index in [1.54, 1.807) is 0 Å². The van der Waals surface area contributed by atoms with Crippen molar-refractivity contribution in [3.63, 3.8) is 0 Å². The van der Waals surface area contributed by atoms with Gasteiger partial charge in [-0.05, 0) is 24.7 Å². The number of carbonyl (C=O) groups excluding carboxylic acids is 1. The molecule has 2 N–H and O–H groups in total. The fourth-order valence-corrected chi connectivity index (χ4v) is 1.89. The summed E-state index contributed by atoms with van der Waals surface area (Å²) in [7, 11) is 0. The third-order valence-electron chi connectivity index (χ3n) is 2.97. The van der Waals surface area contributed by atoms with Gasteiger partial charge < -0.3 is 10.6 Å². The quantitative estimate of drug-likeness (QED) is 0.725. The van der Waals surface area contributed by atoms with Crippen molar-refractivity contribution in [1.29, 1.82) is 0 Å². The second-order valence-electron chi connectivity index (χ2n) is 4.80. The van der Waals surface area contributed by atoms with Crippen molar-refractivity contribution in [2.24, 2.45) is 17.6 Å². The average molecular weight is 198 g/mol. The zero-order valence-electron chi connectivity index (χ0n) is 9.49. The lowest BCUT2D eigenvalue weighted by molar-refractivity contribution is -0.135. The van der Waals surface area contributed by atoms with Gasteiger partial charge in [-0.2, -0.15) is 0 Å². The van der Waals surface area contributed by atoms with E-state index < -0.39 is 0 Å². The first-order valence-corrected chi connectivity index (χ1v) is 5.56. The largest absolute Gasteiger partial charge is 0.341 e. The van der Waals surface area contributed by atoms with Crippen LogP contribution < -0.4 is 5.73 Å². The Morgan fingerprint density at radius 3 is 2.64 bits per heavy atom. The highest BCUT2D eigenvalue weighted by Crippen LogP contribution is 2.17. The number of amides is 1. The van der Waals surface area contributed by atoms with Crippen LogP contribution in [0.25, 0.3) is 0 Å². The number of carbonyl (C=O) groups is 1. The molecule has 0 aromatic rings. The molecule has 3 nitrogen and oxygen atoms in total. The molecule has 1 amide bonds. The van der Waals surface area contributed by atoms with Crippen LogP contribution in [0.2, 0.25) is 0 Å². The van der Waals surface area contributed by atoms with Gasteiger partial charge in [0, 0.05) is 13.1 Å². The highest BCUT2D eigenvalue weighted by Gasteiger charge is 2.26. The van der Waals surface area contributed by atoms with Gasteiger partial charge in [0.25, 0.3) is 0 Å². The minimum atomic E-state index is -0.319. The van der Waals surface area contributed by atoms with Gasteiger partial charge in [-0.15, -0.1) is 0 Å². The third-order valence-corrected chi connectivity index (χ3v) is 2.97. The number of hydrogen-bond donors (Lipinski definition) is 1.